The van der Waals surface area contributed by atoms with Crippen molar-refractivity contribution < 1.29 is 0 Å². The van der Waals surface area contributed by atoms with Crippen molar-refractivity contribution in [3.05, 3.63) is 81.6 Å². The molecule has 27 heavy (non-hydrogen) atoms. The summed E-state index contributed by atoms with van der Waals surface area (Å²) < 4.78 is 0. The minimum atomic E-state index is 0.527. The van der Waals surface area contributed by atoms with Gasteiger partial charge in [-0.25, -0.2) is 4.99 Å². The first-order valence-corrected chi connectivity index (χ1v) is 9.47. The molecule has 0 amide bonds. The second kappa shape index (κ2) is 6.25. The van der Waals surface area contributed by atoms with Crippen molar-refractivity contribution in [1.29, 1.82) is 0 Å². The molecule has 3 heterocycles. The van der Waals surface area contributed by atoms with Gasteiger partial charge in [0, 0.05) is 27.5 Å². The van der Waals surface area contributed by atoms with Crippen molar-refractivity contribution in [1.82, 2.24) is 4.98 Å². The predicted molar refractivity (Wildman–Crippen MR) is 112 cm³/mol. The van der Waals surface area contributed by atoms with E-state index in [2.05, 4.69) is 20.9 Å². The fourth-order valence-corrected chi connectivity index (χ4v) is 4.16. The highest BCUT2D eigenvalue weighted by molar-refractivity contribution is 6.32. The molecule has 1 aromatic heterocycles. The van der Waals surface area contributed by atoms with Crippen LogP contribution >= 0.6 is 23.2 Å². The lowest BCUT2D eigenvalue weighted by Gasteiger charge is -2.31. The second-order valence-corrected chi connectivity index (χ2v) is 7.55. The first kappa shape index (κ1) is 16.6. The van der Waals surface area contributed by atoms with Crippen LogP contribution in [-0.2, 0) is 6.54 Å². The molecule has 6 heteroatoms. The number of nitrogens with zero attached hydrogens (tertiary/aromatic N) is 4. The summed E-state index contributed by atoms with van der Waals surface area (Å²) in [6, 6.07) is 15.9. The van der Waals surface area contributed by atoms with E-state index >= 15 is 0 Å². The van der Waals surface area contributed by atoms with Gasteiger partial charge < -0.3 is 9.80 Å². The van der Waals surface area contributed by atoms with Crippen LogP contribution in [0.15, 0.2) is 59.7 Å². The SMILES string of the molecule is Cc1ncccc1N1CN=C2c3c(cc(Cl)cc31)CN2c1ccc(Cl)cc1. The van der Waals surface area contributed by atoms with E-state index in [0.29, 0.717) is 6.67 Å². The maximum Gasteiger partial charge on any atom is 0.140 e. The van der Waals surface area contributed by atoms with E-state index < -0.39 is 0 Å². The monoisotopic (exact) mass is 394 g/mol. The summed E-state index contributed by atoms with van der Waals surface area (Å²) in [7, 11) is 0. The van der Waals surface area contributed by atoms with Gasteiger partial charge in [0.1, 0.15) is 12.5 Å². The van der Waals surface area contributed by atoms with Crippen LogP contribution in [-0.4, -0.2) is 17.5 Å². The molecule has 0 bridgehead atoms. The minimum absolute atomic E-state index is 0.527. The summed E-state index contributed by atoms with van der Waals surface area (Å²) in [5.41, 5.74) is 6.49. The summed E-state index contributed by atoms with van der Waals surface area (Å²) in [5.74, 6) is 0.983. The van der Waals surface area contributed by atoms with Crippen LogP contribution in [0.1, 0.15) is 16.8 Å². The highest BCUT2D eigenvalue weighted by atomic mass is 35.5. The van der Waals surface area contributed by atoms with Gasteiger partial charge in [-0.2, -0.15) is 0 Å². The number of halogens is 2. The molecule has 5 rings (SSSR count). The molecule has 134 valence electrons. The second-order valence-electron chi connectivity index (χ2n) is 6.68. The van der Waals surface area contributed by atoms with Crippen molar-refractivity contribution in [2.75, 3.05) is 16.5 Å². The largest absolute Gasteiger partial charge is 0.322 e. The number of aryl methyl sites for hydroxylation is 1. The van der Waals surface area contributed by atoms with Crippen molar-refractivity contribution in [3.8, 4) is 0 Å². The fraction of sp³-hybridized carbons (Fsp3) is 0.143. The Bertz CT molecular complexity index is 1080. The molecule has 0 saturated heterocycles. The van der Waals surface area contributed by atoms with Crippen LogP contribution < -0.4 is 9.80 Å². The number of rotatable bonds is 2. The van der Waals surface area contributed by atoms with E-state index in [9.17, 15) is 0 Å². The van der Waals surface area contributed by atoms with Crippen molar-refractivity contribution >= 4 is 46.1 Å². The van der Waals surface area contributed by atoms with E-state index in [4.69, 9.17) is 28.2 Å². The molecule has 0 N–H and O–H groups in total. The normalized spacial score (nSPS) is 15.0. The molecular formula is C21H16Cl2N4. The molecule has 0 spiro atoms. The number of hydrogen-bond acceptors (Lipinski definition) is 4. The third-order valence-electron chi connectivity index (χ3n) is 5.03. The fourth-order valence-electron chi connectivity index (χ4n) is 3.80. The Hall–Kier alpha value is -2.56. The van der Waals surface area contributed by atoms with Gasteiger partial charge in [-0.3, -0.25) is 4.98 Å². The summed E-state index contributed by atoms with van der Waals surface area (Å²) in [6.07, 6.45) is 1.81. The molecule has 0 radical (unpaired) electrons. The van der Waals surface area contributed by atoms with E-state index in [1.807, 2.05) is 55.6 Å². The van der Waals surface area contributed by atoms with Crippen molar-refractivity contribution in [3.63, 3.8) is 0 Å². The smallest absolute Gasteiger partial charge is 0.140 e. The van der Waals surface area contributed by atoms with Gasteiger partial charge in [0.25, 0.3) is 0 Å². The van der Waals surface area contributed by atoms with Gasteiger partial charge in [-0.15, -0.1) is 0 Å². The number of hydrogen-bond donors (Lipinski definition) is 0. The summed E-state index contributed by atoms with van der Waals surface area (Å²) in [5, 5.41) is 1.46. The van der Waals surface area contributed by atoms with Crippen LogP contribution in [0.4, 0.5) is 17.1 Å². The highest BCUT2D eigenvalue weighted by Crippen LogP contribution is 2.42. The molecule has 0 fully saturated rings. The number of anilines is 3. The summed E-state index contributed by atoms with van der Waals surface area (Å²) >= 11 is 12.5. The zero-order valence-corrected chi connectivity index (χ0v) is 16.2. The molecule has 0 unspecified atom stereocenters. The standard InChI is InChI=1S/C21H16Cl2N4/c1-13-18(3-2-8-24-13)27-12-25-21-20-14(9-16(23)10-19(20)27)11-26(21)17-6-4-15(22)5-7-17/h2-10H,11-12H2,1H3. The van der Waals surface area contributed by atoms with Gasteiger partial charge in [0.05, 0.1) is 23.6 Å². The lowest BCUT2D eigenvalue weighted by molar-refractivity contribution is 0.942. The molecule has 2 aliphatic rings. The van der Waals surface area contributed by atoms with Crippen LogP contribution in [0.3, 0.4) is 0 Å². The predicted octanol–water partition coefficient (Wildman–Crippen LogP) is 5.57. The van der Waals surface area contributed by atoms with Crippen molar-refractivity contribution in [2.45, 2.75) is 13.5 Å². The number of benzene rings is 2. The van der Waals surface area contributed by atoms with E-state index in [0.717, 1.165) is 50.7 Å². The van der Waals surface area contributed by atoms with Crippen LogP contribution in [0, 0.1) is 6.92 Å². The molecule has 2 aliphatic heterocycles. The first-order valence-electron chi connectivity index (χ1n) is 8.71. The molecule has 3 aromatic rings. The quantitative estimate of drug-likeness (QED) is 0.568. The van der Waals surface area contributed by atoms with Crippen LogP contribution in [0.5, 0.6) is 0 Å². The molecule has 0 saturated carbocycles. The highest BCUT2D eigenvalue weighted by Gasteiger charge is 2.34. The Morgan fingerprint density at radius 3 is 2.52 bits per heavy atom. The molecule has 0 atom stereocenters. The molecule has 4 nitrogen and oxygen atoms in total. The Morgan fingerprint density at radius 2 is 1.74 bits per heavy atom. The Balaban J connectivity index is 1.65. The number of aliphatic imine (C=N–C) groups is 1. The van der Waals surface area contributed by atoms with Gasteiger partial charge in [0.2, 0.25) is 0 Å². The van der Waals surface area contributed by atoms with E-state index in [1.54, 1.807) is 0 Å². The van der Waals surface area contributed by atoms with Gasteiger partial charge >= 0.3 is 0 Å². The zero-order valence-electron chi connectivity index (χ0n) is 14.7. The number of aromatic nitrogens is 1. The maximum absolute atomic E-state index is 6.47. The molecular weight excluding hydrogens is 379 g/mol. The first-order chi connectivity index (χ1) is 13.1. The lowest BCUT2D eigenvalue weighted by atomic mass is 10.0. The molecule has 0 aliphatic carbocycles. The number of pyridine rings is 1. The van der Waals surface area contributed by atoms with Crippen molar-refractivity contribution in [2.24, 2.45) is 4.99 Å². The third-order valence-corrected chi connectivity index (χ3v) is 5.50. The van der Waals surface area contributed by atoms with E-state index in [-0.39, 0.29) is 0 Å². The van der Waals surface area contributed by atoms with Gasteiger partial charge in [-0.05, 0) is 61.0 Å². The van der Waals surface area contributed by atoms with Gasteiger partial charge in [-0.1, -0.05) is 23.2 Å². The average molecular weight is 395 g/mol. The third kappa shape index (κ3) is 2.68. The van der Waals surface area contributed by atoms with E-state index in [1.165, 1.54) is 5.56 Å². The van der Waals surface area contributed by atoms with Crippen LogP contribution in [0.2, 0.25) is 10.0 Å². The topological polar surface area (TPSA) is 31.7 Å². The Morgan fingerprint density at radius 1 is 0.926 bits per heavy atom. The Kier molecular flexibility index (Phi) is 3.85. The summed E-state index contributed by atoms with van der Waals surface area (Å²) in [6.45, 7) is 3.28. The Labute approximate surface area is 167 Å². The summed E-state index contributed by atoms with van der Waals surface area (Å²) in [4.78, 5) is 13.7. The number of amidine groups is 1. The van der Waals surface area contributed by atoms with Crippen LogP contribution in [0.25, 0.3) is 0 Å². The lowest BCUT2D eigenvalue weighted by Crippen LogP contribution is -2.32. The molecule has 2 aromatic carbocycles. The zero-order chi connectivity index (χ0) is 18.5. The van der Waals surface area contributed by atoms with Gasteiger partial charge in [0.15, 0.2) is 0 Å². The minimum Gasteiger partial charge on any atom is -0.322 e. The maximum atomic E-state index is 6.47. The average Bonchev–Trinajstić information content (AvgIpc) is 3.03.